The number of hydrogen-bond acceptors (Lipinski definition) is 12. The lowest BCUT2D eigenvalue weighted by atomic mass is 9.99. The maximum Gasteiger partial charge on any atom is 0.343 e. The SMILES string of the molecule is C=CC(=O)OCCCCCCOc1ccc(C(=O)OC2=CC=C(OC(=O)c3ccc(OCCCCCCOC(=O)CCCCCC(C)(C)OC(=O)C(=C)C)cc3)CC2)cc1. The minimum absolute atomic E-state index is 0.187. The molecule has 2 aromatic carbocycles. The van der Waals surface area contributed by atoms with E-state index in [2.05, 4.69) is 13.2 Å². The van der Waals surface area contributed by atoms with E-state index in [4.69, 9.17) is 33.2 Å². The standard InChI is InChI=1S/C48H62O12/c1-6-43(49)56-34-16-9-7-14-32-54-39-23-19-37(20-24-39)46(52)58-41-27-29-42(30-28-41)59-47(53)38-21-25-40(26-22-38)55-33-15-8-10-17-35-57-44(50)18-12-11-13-31-48(4,5)60-45(51)36(2)3/h6,19-27,29H,1-2,7-18,28,30-35H2,3-5H3. The molecule has 0 saturated carbocycles. The predicted octanol–water partition coefficient (Wildman–Crippen LogP) is 10.3. The van der Waals surface area contributed by atoms with Crippen molar-refractivity contribution in [1.82, 2.24) is 0 Å². The van der Waals surface area contributed by atoms with E-state index in [0.717, 1.165) is 76.7 Å². The maximum absolute atomic E-state index is 12.8. The van der Waals surface area contributed by atoms with E-state index in [0.29, 0.717) is 91.8 Å². The highest BCUT2D eigenvalue weighted by molar-refractivity contribution is 5.91. The van der Waals surface area contributed by atoms with Crippen molar-refractivity contribution in [1.29, 1.82) is 0 Å². The predicted molar refractivity (Wildman–Crippen MR) is 227 cm³/mol. The van der Waals surface area contributed by atoms with E-state index in [-0.39, 0.29) is 11.9 Å². The van der Waals surface area contributed by atoms with Crippen molar-refractivity contribution in [3.63, 3.8) is 0 Å². The van der Waals surface area contributed by atoms with Crippen LogP contribution >= 0.6 is 0 Å². The van der Waals surface area contributed by atoms with Gasteiger partial charge in [0.1, 0.15) is 28.6 Å². The maximum atomic E-state index is 12.8. The monoisotopic (exact) mass is 830 g/mol. The van der Waals surface area contributed by atoms with Crippen molar-refractivity contribution in [2.45, 2.75) is 123 Å². The molecule has 1 aliphatic carbocycles. The molecule has 0 heterocycles. The fourth-order valence-corrected chi connectivity index (χ4v) is 5.87. The van der Waals surface area contributed by atoms with E-state index in [1.165, 1.54) is 0 Å². The lowest BCUT2D eigenvalue weighted by Gasteiger charge is -2.25. The number of hydrogen-bond donors (Lipinski definition) is 0. The van der Waals surface area contributed by atoms with Gasteiger partial charge < -0.3 is 33.2 Å². The first-order chi connectivity index (χ1) is 28.8. The normalized spacial score (nSPS) is 12.2. The van der Waals surface area contributed by atoms with Gasteiger partial charge in [-0.15, -0.1) is 0 Å². The third-order valence-corrected chi connectivity index (χ3v) is 9.37. The third kappa shape index (κ3) is 20.4. The Kier molecular flexibility index (Phi) is 22.1. The molecule has 2 aromatic rings. The molecule has 0 N–H and O–H groups in total. The highest BCUT2D eigenvalue weighted by Gasteiger charge is 2.23. The molecule has 0 unspecified atom stereocenters. The van der Waals surface area contributed by atoms with Crippen LogP contribution in [0.25, 0.3) is 0 Å². The van der Waals surface area contributed by atoms with Crippen molar-refractivity contribution in [2.24, 2.45) is 0 Å². The first-order valence-electron chi connectivity index (χ1n) is 21.0. The van der Waals surface area contributed by atoms with Gasteiger partial charge in [-0.3, -0.25) is 4.79 Å². The van der Waals surface area contributed by atoms with Crippen molar-refractivity contribution < 1.29 is 57.1 Å². The number of unbranched alkanes of at least 4 members (excludes halogenated alkanes) is 8. The minimum atomic E-state index is -0.560. The zero-order chi connectivity index (χ0) is 43.6. The quantitative estimate of drug-likeness (QED) is 0.0332. The van der Waals surface area contributed by atoms with Crippen LogP contribution in [-0.4, -0.2) is 61.9 Å². The summed E-state index contributed by atoms with van der Waals surface area (Å²) in [5.41, 5.74) is 0.604. The number of benzene rings is 2. The molecule has 0 aromatic heterocycles. The Morgan fingerprint density at radius 3 is 1.52 bits per heavy atom. The average Bonchev–Trinajstić information content (AvgIpc) is 3.23. The Morgan fingerprint density at radius 1 is 0.617 bits per heavy atom. The van der Waals surface area contributed by atoms with E-state index >= 15 is 0 Å². The summed E-state index contributed by atoms with van der Waals surface area (Å²) < 4.78 is 38.5. The van der Waals surface area contributed by atoms with Gasteiger partial charge in [0, 0.05) is 30.9 Å². The van der Waals surface area contributed by atoms with Crippen LogP contribution in [0.3, 0.4) is 0 Å². The van der Waals surface area contributed by atoms with Crippen LogP contribution in [-0.2, 0) is 38.1 Å². The Hall–Kier alpha value is -5.65. The molecule has 0 bridgehead atoms. The highest BCUT2D eigenvalue weighted by Crippen LogP contribution is 2.24. The molecule has 0 spiro atoms. The summed E-state index contributed by atoms with van der Waals surface area (Å²) in [5.74, 6) is 0.314. The second kappa shape index (κ2) is 27.2. The van der Waals surface area contributed by atoms with E-state index in [1.54, 1.807) is 67.6 Å². The topological polar surface area (TPSA) is 150 Å². The highest BCUT2D eigenvalue weighted by atomic mass is 16.6. The van der Waals surface area contributed by atoms with Gasteiger partial charge in [-0.05, 0) is 152 Å². The van der Waals surface area contributed by atoms with E-state index in [1.807, 2.05) is 13.8 Å². The molecule has 0 radical (unpaired) electrons. The van der Waals surface area contributed by atoms with Crippen molar-refractivity contribution in [2.75, 3.05) is 26.4 Å². The molecular formula is C48H62O12. The summed E-state index contributed by atoms with van der Waals surface area (Å²) in [6, 6.07) is 13.6. The summed E-state index contributed by atoms with van der Waals surface area (Å²) in [7, 11) is 0. The summed E-state index contributed by atoms with van der Waals surface area (Å²) in [6.45, 7) is 14.2. The molecule has 12 nitrogen and oxygen atoms in total. The largest absolute Gasteiger partial charge is 0.494 e. The summed E-state index contributed by atoms with van der Waals surface area (Å²) in [5, 5.41) is 0. The zero-order valence-electron chi connectivity index (χ0n) is 35.6. The van der Waals surface area contributed by atoms with Crippen LogP contribution in [0.4, 0.5) is 0 Å². The summed E-state index contributed by atoms with van der Waals surface area (Å²) >= 11 is 0. The van der Waals surface area contributed by atoms with Crippen LogP contribution in [0.5, 0.6) is 11.5 Å². The van der Waals surface area contributed by atoms with Gasteiger partial charge in [0.25, 0.3) is 0 Å². The second-order valence-electron chi connectivity index (χ2n) is 15.2. The van der Waals surface area contributed by atoms with Crippen molar-refractivity contribution in [3.8, 4) is 11.5 Å². The van der Waals surface area contributed by atoms with Crippen LogP contribution < -0.4 is 9.47 Å². The molecule has 12 heteroatoms. The first kappa shape index (κ1) is 48.7. The Labute approximate surface area is 354 Å². The molecule has 0 aliphatic heterocycles. The van der Waals surface area contributed by atoms with Gasteiger partial charge in [0.15, 0.2) is 0 Å². The minimum Gasteiger partial charge on any atom is -0.494 e. The van der Waals surface area contributed by atoms with Crippen molar-refractivity contribution >= 4 is 29.8 Å². The molecule has 1 aliphatic rings. The van der Waals surface area contributed by atoms with E-state index < -0.39 is 23.5 Å². The lowest BCUT2D eigenvalue weighted by molar-refractivity contribution is -0.152. The molecule has 0 amide bonds. The van der Waals surface area contributed by atoms with E-state index in [9.17, 15) is 24.0 Å². The molecule has 0 fully saturated rings. The fraction of sp³-hybridized carbons (Fsp3) is 0.479. The Balaban J connectivity index is 1.22. The molecule has 0 atom stereocenters. The van der Waals surface area contributed by atoms with Gasteiger partial charge in [0.05, 0.1) is 37.6 Å². The van der Waals surface area contributed by atoms with Gasteiger partial charge in [-0.2, -0.15) is 0 Å². The number of ether oxygens (including phenoxy) is 7. The van der Waals surface area contributed by atoms with Gasteiger partial charge in [0.2, 0.25) is 0 Å². The lowest BCUT2D eigenvalue weighted by Crippen LogP contribution is -2.28. The fourth-order valence-electron chi connectivity index (χ4n) is 5.87. The number of rotatable bonds is 29. The Morgan fingerprint density at radius 2 is 1.07 bits per heavy atom. The van der Waals surface area contributed by atoms with Crippen LogP contribution in [0.1, 0.15) is 138 Å². The number of carbonyl (C=O) groups excluding carboxylic acids is 5. The zero-order valence-corrected chi connectivity index (χ0v) is 35.6. The van der Waals surface area contributed by atoms with Crippen LogP contribution in [0.15, 0.2) is 97.0 Å². The van der Waals surface area contributed by atoms with Crippen LogP contribution in [0, 0.1) is 0 Å². The molecule has 0 saturated heterocycles. The third-order valence-electron chi connectivity index (χ3n) is 9.37. The molecular weight excluding hydrogens is 769 g/mol. The van der Waals surface area contributed by atoms with Gasteiger partial charge in [-0.1, -0.05) is 19.6 Å². The van der Waals surface area contributed by atoms with Gasteiger partial charge >= 0.3 is 29.8 Å². The smallest absolute Gasteiger partial charge is 0.343 e. The van der Waals surface area contributed by atoms with Crippen molar-refractivity contribution in [3.05, 3.63) is 108 Å². The molecule has 326 valence electrons. The average molecular weight is 831 g/mol. The first-order valence-corrected chi connectivity index (χ1v) is 21.0. The molecule has 3 rings (SSSR count). The Bertz CT molecular complexity index is 1770. The number of esters is 5. The molecule has 60 heavy (non-hydrogen) atoms. The van der Waals surface area contributed by atoms with Crippen LogP contribution in [0.2, 0.25) is 0 Å². The second-order valence-corrected chi connectivity index (χ2v) is 15.2. The number of carbonyl (C=O) groups is 5. The summed E-state index contributed by atoms with van der Waals surface area (Å²) in [4.78, 5) is 60.3. The summed E-state index contributed by atoms with van der Waals surface area (Å²) in [6.07, 6.45) is 15.8. The number of allylic oxidation sites excluding steroid dienone is 4. The van der Waals surface area contributed by atoms with Gasteiger partial charge in [-0.25, -0.2) is 19.2 Å².